The summed E-state index contributed by atoms with van der Waals surface area (Å²) in [5, 5.41) is 3.95. The molecule has 0 aliphatic carbocycles. The molecule has 2 heterocycles. The molecule has 0 bridgehead atoms. The number of nitrogens with zero attached hydrogens (tertiary/aromatic N) is 4. The molecule has 1 aromatic heterocycles. The molecule has 0 radical (unpaired) electrons. The smallest absolute Gasteiger partial charge is 0.225 e. The Balaban J connectivity index is 1.41. The predicted molar refractivity (Wildman–Crippen MR) is 95.4 cm³/mol. The molecule has 7 heteroatoms. The van der Waals surface area contributed by atoms with Gasteiger partial charge in [-0.15, -0.1) is 0 Å². The highest BCUT2D eigenvalue weighted by Gasteiger charge is 2.21. The summed E-state index contributed by atoms with van der Waals surface area (Å²) in [4.78, 5) is 24.8. The van der Waals surface area contributed by atoms with E-state index in [0.29, 0.717) is 31.1 Å². The lowest BCUT2D eigenvalue weighted by molar-refractivity contribution is -0.131. The first-order chi connectivity index (χ1) is 11.7. The first-order valence-electron chi connectivity index (χ1n) is 8.01. The SMILES string of the molecule is O=C(CCNc1ccc(Cl)cc1)N1CCN(c2ncccn2)CC1. The molecule has 24 heavy (non-hydrogen) atoms. The molecular weight excluding hydrogens is 326 g/mol. The Kier molecular flexibility index (Phi) is 5.48. The fourth-order valence-corrected chi connectivity index (χ4v) is 2.78. The molecule has 1 N–H and O–H groups in total. The summed E-state index contributed by atoms with van der Waals surface area (Å²) < 4.78 is 0. The number of carbonyl (C=O) groups excluding carboxylic acids is 1. The second kappa shape index (κ2) is 7.97. The van der Waals surface area contributed by atoms with Gasteiger partial charge in [0.05, 0.1) is 0 Å². The number of benzene rings is 1. The van der Waals surface area contributed by atoms with Crippen LogP contribution in [0, 0.1) is 0 Å². The summed E-state index contributed by atoms with van der Waals surface area (Å²) in [6.45, 7) is 3.55. The minimum Gasteiger partial charge on any atom is -0.385 e. The summed E-state index contributed by atoms with van der Waals surface area (Å²) >= 11 is 5.85. The van der Waals surface area contributed by atoms with E-state index in [1.807, 2.05) is 29.2 Å². The zero-order valence-corrected chi connectivity index (χ0v) is 14.1. The van der Waals surface area contributed by atoms with E-state index in [4.69, 9.17) is 11.6 Å². The molecule has 126 valence electrons. The quantitative estimate of drug-likeness (QED) is 0.900. The molecule has 1 aliphatic heterocycles. The number of piperazine rings is 1. The third-order valence-electron chi connectivity index (χ3n) is 3.98. The van der Waals surface area contributed by atoms with Crippen LogP contribution in [0.25, 0.3) is 0 Å². The van der Waals surface area contributed by atoms with E-state index in [1.54, 1.807) is 18.5 Å². The first-order valence-corrected chi connectivity index (χ1v) is 8.39. The second-order valence-electron chi connectivity index (χ2n) is 5.60. The van der Waals surface area contributed by atoms with Crippen molar-refractivity contribution in [1.29, 1.82) is 0 Å². The lowest BCUT2D eigenvalue weighted by Gasteiger charge is -2.34. The molecular formula is C17H20ClN5O. The number of hydrogen-bond acceptors (Lipinski definition) is 5. The van der Waals surface area contributed by atoms with E-state index in [2.05, 4.69) is 20.2 Å². The van der Waals surface area contributed by atoms with Crippen molar-refractivity contribution in [3.63, 3.8) is 0 Å². The Bertz CT molecular complexity index is 656. The lowest BCUT2D eigenvalue weighted by Crippen LogP contribution is -2.49. The van der Waals surface area contributed by atoms with Crippen molar-refractivity contribution in [2.45, 2.75) is 6.42 Å². The van der Waals surface area contributed by atoms with Crippen molar-refractivity contribution < 1.29 is 4.79 Å². The second-order valence-corrected chi connectivity index (χ2v) is 6.04. The summed E-state index contributed by atoms with van der Waals surface area (Å²) in [6.07, 6.45) is 3.95. The molecule has 2 aromatic rings. The maximum Gasteiger partial charge on any atom is 0.225 e. The van der Waals surface area contributed by atoms with Crippen LogP contribution in [0.3, 0.4) is 0 Å². The molecule has 3 rings (SSSR count). The average molecular weight is 346 g/mol. The number of amides is 1. The maximum absolute atomic E-state index is 12.3. The van der Waals surface area contributed by atoms with Crippen LogP contribution < -0.4 is 10.2 Å². The maximum atomic E-state index is 12.3. The van der Waals surface area contributed by atoms with Gasteiger partial charge < -0.3 is 15.1 Å². The van der Waals surface area contributed by atoms with Gasteiger partial charge in [-0.25, -0.2) is 9.97 Å². The summed E-state index contributed by atoms with van der Waals surface area (Å²) in [5.41, 5.74) is 0.971. The van der Waals surface area contributed by atoms with Crippen molar-refractivity contribution in [2.24, 2.45) is 0 Å². The fourth-order valence-electron chi connectivity index (χ4n) is 2.65. The number of halogens is 1. The summed E-state index contributed by atoms with van der Waals surface area (Å²) in [7, 11) is 0. The van der Waals surface area contributed by atoms with Gasteiger partial charge in [0.25, 0.3) is 0 Å². The van der Waals surface area contributed by atoms with Gasteiger partial charge in [-0.05, 0) is 30.3 Å². The zero-order chi connectivity index (χ0) is 16.8. The van der Waals surface area contributed by atoms with Crippen LogP contribution >= 0.6 is 11.6 Å². The molecule has 1 aromatic carbocycles. The molecule has 0 atom stereocenters. The van der Waals surface area contributed by atoms with Gasteiger partial charge >= 0.3 is 0 Å². The van der Waals surface area contributed by atoms with E-state index in [0.717, 1.165) is 24.7 Å². The molecule has 1 amide bonds. The first kappa shape index (κ1) is 16.5. The summed E-state index contributed by atoms with van der Waals surface area (Å²) in [5.74, 6) is 0.902. The number of hydrogen-bond donors (Lipinski definition) is 1. The van der Waals surface area contributed by atoms with E-state index >= 15 is 0 Å². The number of rotatable bonds is 5. The third-order valence-corrected chi connectivity index (χ3v) is 4.23. The van der Waals surface area contributed by atoms with Gasteiger partial charge in [-0.2, -0.15) is 0 Å². The highest BCUT2D eigenvalue weighted by atomic mass is 35.5. The molecule has 1 fully saturated rings. The Hall–Kier alpha value is -2.34. The van der Waals surface area contributed by atoms with Gasteiger partial charge in [0.2, 0.25) is 11.9 Å². The van der Waals surface area contributed by atoms with Crippen LogP contribution in [0.2, 0.25) is 5.02 Å². The lowest BCUT2D eigenvalue weighted by atomic mass is 10.2. The normalized spacial score (nSPS) is 14.5. The molecule has 0 spiro atoms. The number of aromatic nitrogens is 2. The van der Waals surface area contributed by atoms with E-state index in [-0.39, 0.29) is 5.91 Å². The molecule has 6 nitrogen and oxygen atoms in total. The Morgan fingerprint density at radius 1 is 1.08 bits per heavy atom. The largest absolute Gasteiger partial charge is 0.385 e. The van der Waals surface area contributed by atoms with E-state index < -0.39 is 0 Å². The van der Waals surface area contributed by atoms with Gasteiger partial charge in [0.1, 0.15) is 0 Å². The van der Waals surface area contributed by atoms with Crippen LogP contribution in [0.1, 0.15) is 6.42 Å². The van der Waals surface area contributed by atoms with Crippen molar-refractivity contribution >= 4 is 29.1 Å². The number of nitrogens with one attached hydrogen (secondary N) is 1. The van der Waals surface area contributed by atoms with Crippen molar-refractivity contribution in [3.8, 4) is 0 Å². The van der Waals surface area contributed by atoms with E-state index in [9.17, 15) is 4.79 Å². The average Bonchev–Trinajstić information content (AvgIpc) is 2.64. The molecule has 1 saturated heterocycles. The van der Waals surface area contributed by atoms with Crippen LogP contribution in [0.4, 0.5) is 11.6 Å². The Morgan fingerprint density at radius 2 is 1.75 bits per heavy atom. The van der Waals surface area contributed by atoms with Gasteiger partial charge in [-0.1, -0.05) is 11.6 Å². The van der Waals surface area contributed by atoms with Crippen molar-refractivity contribution in [2.75, 3.05) is 42.9 Å². The monoisotopic (exact) mass is 345 g/mol. The topological polar surface area (TPSA) is 61.4 Å². The Labute approximate surface area is 146 Å². The summed E-state index contributed by atoms with van der Waals surface area (Å²) in [6, 6.07) is 9.28. The van der Waals surface area contributed by atoms with Crippen molar-refractivity contribution in [1.82, 2.24) is 14.9 Å². The van der Waals surface area contributed by atoms with Gasteiger partial charge in [-0.3, -0.25) is 4.79 Å². The molecule has 1 aliphatic rings. The highest BCUT2D eigenvalue weighted by molar-refractivity contribution is 6.30. The van der Waals surface area contributed by atoms with Crippen LogP contribution in [-0.4, -0.2) is 53.5 Å². The third kappa shape index (κ3) is 4.35. The van der Waals surface area contributed by atoms with Crippen LogP contribution in [-0.2, 0) is 4.79 Å². The fraction of sp³-hybridized carbons (Fsp3) is 0.353. The highest BCUT2D eigenvalue weighted by Crippen LogP contribution is 2.14. The van der Waals surface area contributed by atoms with Crippen LogP contribution in [0.15, 0.2) is 42.7 Å². The molecule has 0 unspecified atom stereocenters. The van der Waals surface area contributed by atoms with Gasteiger partial charge in [0, 0.05) is 62.2 Å². The van der Waals surface area contributed by atoms with Gasteiger partial charge in [0.15, 0.2) is 0 Å². The van der Waals surface area contributed by atoms with E-state index in [1.165, 1.54) is 0 Å². The standard InChI is InChI=1S/C17H20ClN5O/c18-14-2-4-15(5-3-14)19-9-6-16(24)22-10-12-23(13-11-22)17-20-7-1-8-21-17/h1-5,7-8,19H,6,9-13H2. The zero-order valence-electron chi connectivity index (χ0n) is 13.4. The van der Waals surface area contributed by atoms with Crippen molar-refractivity contribution in [3.05, 3.63) is 47.7 Å². The minimum absolute atomic E-state index is 0.171. The number of carbonyl (C=O) groups is 1. The van der Waals surface area contributed by atoms with Crippen LogP contribution in [0.5, 0.6) is 0 Å². The molecule has 0 saturated carbocycles. The minimum atomic E-state index is 0.171. The number of anilines is 2. The Morgan fingerprint density at radius 3 is 2.42 bits per heavy atom. The predicted octanol–water partition coefficient (Wildman–Crippen LogP) is 2.28.